The quantitative estimate of drug-likeness (QED) is 0.640. The molecule has 2 aliphatic rings. The number of carbonyl (C=O) groups is 2. The summed E-state index contributed by atoms with van der Waals surface area (Å²) in [6.45, 7) is 1.99. The van der Waals surface area contributed by atoms with Gasteiger partial charge in [0, 0.05) is 12.5 Å². The molecular weight excluding hydrogens is 242 g/mol. The van der Waals surface area contributed by atoms with E-state index in [1.807, 2.05) is 12.2 Å². The summed E-state index contributed by atoms with van der Waals surface area (Å²) >= 11 is 0. The van der Waals surface area contributed by atoms with E-state index in [4.69, 9.17) is 5.73 Å². The van der Waals surface area contributed by atoms with Crippen LogP contribution >= 0.6 is 0 Å². The molecule has 5 nitrogen and oxygen atoms in total. The van der Waals surface area contributed by atoms with Crippen molar-refractivity contribution in [3.05, 3.63) is 12.2 Å². The Labute approximate surface area is 114 Å². The molecule has 0 aromatic rings. The number of hydrogen-bond donors (Lipinski definition) is 3. The van der Waals surface area contributed by atoms with Gasteiger partial charge in [-0.1, -0.05) is 12.2 Å². The van der Waals surface area contributed by atoms with Gasteiger partial charge in [-0.3, -0.25) is 9.59 Å². The van der Waals surface area contributed by atoms with E-state index in [9.17, 15) is 9.59 Å². The highest BCUT2D eigenvalue weighted by Crippen LogP contribution is 2.20. The van der Waals surface area contributed by atoms with Crippen LogP contribution in [0.15, 0.2) is 12.2 Å². The first kappa shape index (κ1) is 14.1. The summed E-state index contributed by atoms with van der Waals surface area (Å²) in [6, 6.07) is -0.128. The van der Waals surface area contributed by atoms with Gasteiger partial charge in [0.1, 0.15) is 0 Å². The van der Waals surface area contributed by atoms with E-state index in [-0.39, 0.29) is 23.8 Å². The molecule has 1 aliphatic heterocycles. The third-order valence-corrected chi connectivity index (χ3v) is 4.08. The molecule has 1 saturated heterocycles. The second-order valence-electron chi connectivity index (χ2n) is 5.52. The van der Waals surface area contributed by atoms with Crippen LogP contribution in [-0.2, 0) is 9.59 Å². The second-order valence-corrected chi connectivity index (χ2v) is 5.52. The minimum Gasteiger partial charge on any atom is -0.369 e. The molecule has 1 heterocycles. The zero-order valence-electron chi connectivity index (χ0n) is 11.2. The summed E-state index contributed by atoms with van der Waals surface area (Å²) in [5, 5.41) is 6.28. The van der Waals surface area contributed by atoms with Gasteiger partial charge in [-0.2, -0.15) is 0 Å². The first-order valence-corrected chi connectivity index (χ1v) is 7.11. The van der Waals surface area contributed by atoms with Crippen molar-refractivity contribution in [2.75, 3.05) is 13.1 Å². The molecular formula is C14H23N3O2. The minimum atomic E-state index is -0.323. The number of amides is 2. The smallest absolute Gasteiger partial charge is 0.222 e. The van der Waals surface area contributed by atoms with Crippen molar-refractivity contribution in [1.82, 2.24) is 10.6 Å². The largest absolute Gasteiger partial charge is 0.369 e. The zero-order chi connectivity index (χ0) is 13.7. The van der Waals surface area contributed by atoms with Crippen molar-refractivity contribution in [1.29, 1.82) is 0 Å². The highest BCUT2D eigenvalue weighted by Gasteiger charge is 2.29. The van der Waals surface area contributed by atoms with Gasteiger partial charge in [-0.05, 0) is 44.7 Å². The van der Waals surface area contributed by atoms with E-state index < -0.39 is 0 Å². The number of piperidine rings is 1. The molecule has 0 aromatic heterocycles. The summed E-state index contributed by atoms with van der Waals surface area (Å²) in [5.41, 5.74) is 5.39. The Morgan fingerprint density at radius 2 is 1.89 bits per heavy atom. The van der Waals surface area contributed by atoms with Gasteiger partial charge in [0.05, 0.1) is 5.92 Å². The highest BCUT2D eigenvalue weighted by molar-refractivity contribution is 5.81. The molecule has 5 heteroatoms. The van der Waals surface area contributed by atoms with Crippen LogP contribution in [0.5, 0.6) is 0 Å². The van der Waals surface area contributed by atoms with Crippen molar-refractivity contribution < 1.29 is 9.59 Å². The molecule has 19 heavy (non-hydrogen) atoms. The van der Waals surface area contributed by atoms with Gasteiger partial charge in [0.15, 0.2) is 0 Å². The average molecular weight is 265 g/mol. The van der Waals surface area contributed by atoms with Crippen molar-refractivity contribution in [2.24, 2.45) is 17.6 Å². The van der Waals surface area contributed by atoms with Crippen LogP contribution in [0, 0.1) is 11.8 Å². The molecule has 106 valence electrons. The molecule has 1 aliphatic carbocycles. The molecule has 0 bridgehead atoms. The summed E-state index contributed by atoms with van der Waals surface area (Å²) in [7, 11) is 0. The van der Waals surface area contributed by atoms with E-state index in [2.05, 4.69) is 10.6 Å². The Kier molecular flexibility index (Phi) is 4.96. The third-order valence-electron chi connectivity index (χ3n) is 4.08. The Morgan fingerprint density at radius 1 is 1.21 bits per heavy atom. The van der Waals surface area contributed by atoms with E-state index in [0.717, 1.165) is 25.9 Å². The monoisotopic (exact) mass is 265 g/mol. The molecule has 1 fully saturated rings. The minimum absolute atomic E-state index is 0.0541. The van der Waals surface area contributed by atoms with Crippen LogP contribution in [0.2, 0.25) is 0 Å². The molecule has 0 saturated carbocycles. The summed E-state index contributed by atoms with van der Waals surface area (Å²) in [4.78, 5) is 23.4. The van der Waals surface area contributed by atoms with E-state index in [0.29, 0.717) is 25.2 Å². The standard InChI is InChI=1S/C14H23N3O2/c15-14(19)11-3-1-2-4-12(11)17-13(18)9-10-5-7-16-8-6-10/h1-2,10-12,16H,3-9H2,(H2,15,19)(H,17,18)/t11-,12-/m1/s1. The fourth-order valence-corrected chi connectivity index (χ4v) is 2.90. The first-order chi connectivity index (χ1) is 9.16. The molecule has 0 unspecified atom stereocenters. The van der Waals surface area contributed by atoms with Crippen LogP contribution < -0.4 is 16.4 Å². The molecule has 2 rings (SSSR count). The zero-order valence-corrected chi connectivity index (χ0v) is 11.2. The van der Waals surface area contributed by atoms with Crippen LogP contribution in [0.4, 0.5) is 0 Å². The SMILES string of the molecule is NC(=O)[C@@H]1CC=CC[C@H]1NC(=O)CC1CCNCC1. The van der Waals surface area contributed by atoms with E-state index in [1.165, 1.54) is 0 Å². The van der Waals surface area contributed by atoms with Crippen molar-refractivity contribution in [2.45, 2.75) is 38.1 Å². The summed E-state index contributed by atoms with van der Waals surface area (Å²) in [6.07, 6.45) is 7.97. The second kappa shape index (κ2) is 6.70. The number of rotatable bonds is 4. The number of hydrogen-bond acceptors (Lipinski definition) is 3. The van der Waals surface area contributed by atoms with Gasteiger partial charge < -0.3 is 16.4 Å². The van der Waals surface area contributed by atoms with Crippen LogP contribution in [0.25, 0.3) is 0 Å². The number of nitrogens with two attached hydrogens (primary N) is 1. The number of nitrogens with one attached hydrogen (secondary N) is 2. The molecule has 0 aromatic carbocycles. The Hall–Kier alpha value is -1.36. The maximum atomic E-state index is 12.0. The fourth-order valence-electron chi connectivity index (χ4n) is 2.90. The molecule has 2 amide bonds. The van der Waals surface area contributed by atoms with Crippen LogP contribution in [0.1, 0.15) is 32.1 Å². The van der Waals surface area contributed by atoms with Gasteiger partial charge >= 0.3 is 0 Å². The normalized spacial score (nSPS) is 28.0. The lowest BCUT2D eigenvalue weighted by molar-refractivity contribution is -0.125. The average Bonchev–Trinajstić information content (AvgIpc) is 2.40. The molecule has 2 atom stereocenters. The molecule has 0 spiro atoms. The van der Waals surface area contributed by atoms with Gasteiger partial charge in [-0.25, -0.2) is 0 Å². The Balaban J connectivity index is 1.83. The van der Waals surface area contributed by atoms with E-state index in [1.54, 1.807) is 0 Å². The molecule has 4 N–H and O–H groups in total. The van der Waals surface area contributed by atoms with Crippen LogP contribution in [-0.4, -0.2) is 30.9 Å². The lowest BCUT2D eigenvalue weighted by atomic mass is 9.87. The third kappa shape index (κ3) is 4.06. The lowest BCUT2D eigenvalue weighted by Gasteiger charge is -2.28. The predicted molar refractivity (Wildman–Crippen MR) is 73.2 cm³/mol. The Morgan fingerprint density at radius 3 is 2.58 bits per heavy atom. The maximum Gasteiger partial charge on any atom is 0.222 e. The van der Waals surface area contributed by atoms with Crippen LogP contribution in [0.3, 0.4) is 0 Å². The van der Waals surface area contributed by atoms with Crippen molar-refractivity contribution in [3.63, 3.8) is 0 Å². The number of primary amides is 1. The van der Waals surface area contributed by atoms with Gasteiger partial charge in [0.25, 0.3) is 0 Å². The van der Waals surface area contributed by atoms with Gasteiger partial charge in [-0.15, -0.1) is 0 Å². The van der Waals surface area contributed by atoms with Gasteiger partial charge in [0.2, 0.25) is 11.8 Å². The number of carbonyl (C=O) groups excluding carboxylic acids is 2. The number of allylic oxidation sites excluding steroid dienone is 1. The maximum absolute atomic E-state index is 12.0. The highest BCUT2D eigenvalue weighted by atomic mass is 16.2. The fraction of sp³-hybridized carbons (Fsp3) is 0.714. The summed E-state index contributed by atoms with van der Waals surface area (Å²) in [5.74, 6) is -0.0654. The topological polar surface area (TPSA) is 84.2 Å². The molecule has 0 radical (unpaired) electrons. The van der Waals surface area contributed by atoms with Crippen molar-refractivity contribution >= 4 is 11.8 Å². The lowest BCUT2D eigenvalue weighted by Crippen LogP contribution is -2.46. The van der Waals surface area contributed by atoms with E-state index >= 15 is 0 Å². The first-order valence-electron chi connectivity index (χ1n) is 7.11. The Bertz CT molecular complexity index is 362. The summed E-state index contributed by atoms with van der Waals surface area (Å²) < 4.78 is 0. The van der Waals surface area contributed by atoms with Crippen molar-refractivity contribution in [3.8, 4) is 0 Å². The predicted octanol–water partition coefficient (Wildman–Crippen LogP) is 0.312.